The number of unbranched alkanes of at least 4 members (excludes halogenated alkanes) is 13. The molecule has 0 aliphatic heterocycles. The van der Waals surface area contributed by atoms with Crippen LogP contribution < -0.4 is 0 Å². The van der Waals surface area contributed by atoms with Crippen molar-refractivity contribution < 1.29 is 28.7 Å². The van der Waals surface area contributed by atoms with E-state index in [4.69, 9.17) is 26.8 Å². The molecule has 238 valence electrons. The van der Waals surface area contributed by atoms with Gasteiger partial charge in [0.2, 0.25) is 0 Å². The maximum absolute atomic E-state index is 12.5. The zero-order valence-electron chi connectivity index (χ0n) is 26.8. The Labute approximate surface area is 254 Å². The summed E-state index contributed by atoms with van der Waals surface area (Å²) < 4.78 is 28.5. The molecule has 0 radical (unpaired) electrons. The van der Waals surface area contributed by atoms with Crippen LogP contribution in [-0.2, 0) is 23.6 Å². The van der Waals surface area contributed by atoms with Crippen LogP contribution in [0.15, 0.2) is 0 Å². The molecule has 5 unspecified atom stereocenters. The molecule has 0 aromatic heterocycles. The average Bonchev–Trinajstić information content (AvgIpc) is 2.91. The van der Waals surface area contributed by atoms with Gasteiger partial charge in [-0.15, -0.1) is 12.6 Å². The lowest BCUT2D eigenvalue weighted by Gasteiger charge is -2.27. The number of hydrogen-bond acceptors (Lipinski definition) is 7. The maximum Gasteiger partial charge on any atom is 0.472 e. The zero-order valence-corrected chi connectivity index (χ0v) is 28.7. The lowest BCUT2D eigenvalue weighted by Crippen LogP contribution is -2.42. The van der Waals surface area contributed by atoms with Gasteiger partial charge in [-0.3, -0.25) is 4.74 Å². The quantitative estimate of drug-likeness (QED) is 0.0318. The number of thiol groups is 1. The minimum absolute atomic E-state index is 0.0772. The van der Waals surface area contributed by atoms with Crippen LogP contribution in [0.5, 0.6) is 0 Å². The smallest absolute Gasteiger partial charge is 0.458 e. The molecule has 0 aliphatic carbocycles. The second-order valence-corrected chi connectivity index (χ2v) is 14.2. The fourth-order valence-corrected chi connectivity index (χ4v) is 5.51. The highest BCUT2D eigenvalue weighted by Crippen LogP contribution is 2.30. The predicted octanol–water partition coefficient (Wildman–Crippen LogP) is 9.95. The van der Waals surface area contributed by atoms with Crippen molar-refractivity contribution in [3.05, 3.63) is 0 Å². The number of carbonyl (C=O) groups is 1. The van der Waals surface area contributed by atoms with E-state index in [-0.39, 0.29) is 12.0 Å². The number of ether oxygens (including phenoxy) is 3. The van der Waals surface area contributed by atoms with E-state index in [9.17, 15) is 14.5 Å². The summed E-state index contributed by atoms with van der Waals surface area (Å²) >= 11 is 4.71. The van der Waals surface area contributed by atoms with Crippen LogP contribution in [0.2, 0.25) is 0 Å². The molecule has 0 spiro atoms. The Bertz CT molecular complexity index is 629. The van der Waals surface area contributed by atoms with E-state index in [1.807, 2.05) is 27.7 Å². The zero-order chi connectivity index (χ0) is 30.3. The summed E-state index contributed by atoms with van der Waals surface area (Å²) in [5, 5.41) is 10.6. The largest absolute Gasteiger partial charge is 0.472 e. The van der Waals surface area contributed by atoms with Crippen molar-refractivity contribution in [1.82, 2.24) is 0 Å². The van der Waals surface area contributed by atoms with E-state index in [2.05, 4.69) is 13.8 Å². The van der Waals surface area contributed by atoms with Gasteiger partial charge < -0.3 is 14.6 Å². The summed E-state index contributed by atoms with van der Waals surface area (Å²) in [4.78, 5) is 12.5. The molecule has 5 atom stereocenters. The Morgan fingerprint density at radius 2 is 1.25 bits per heavy atom. The molecule has 1 N–H and O–H groups in total. The van der Waals surface area contributed by atoms with Gasteiger partial charge in [0, 0.05) is 0 Å². The van der Waals surface area contributed by atoms with Crippen LogP contribution >= 0.6 is 21.1 Å². The Morgan fingerprint density at radius 3 is 1.65 bits per heavy atom. The molecule has 0 saturated carbocycles. The molecule has 0 fully saturated rings. The van der Waals surface area contributed by atoms with Crippen molar-refractivity contribution in [2.24, 2.45) is 11.3 Å². The van der Waals surface area contributed by atoms with E-state index in [1.54, 1.807) is 0 Å². The highest BCUT2D eigenvalue weighted by molar-refractivity contribution is 7.80. The lowest BCUT2D eigenvalue weighted by atomic mass is 9.91. The third kappa shape index (κ3) is 21.5. The highest BCUT2D eigenvalue weighted by Gasteiger charge is 2.52. The Kier molecular flexibility index (Phi) is 24.1. The molecule has 0 rings (SSSR count). The van der Waals surface area contributed by atoms with Gasteiger partial charge >= 0.3 is 20.0 Å². The van der Waals surface area contributed by atoms with Crippen molar-refractivity contribution >= 4 is 27.1 Å². The molecular weight excluding hydrogens is 543 g/mol. The Morgan fingerprint density at radius 1 is 0.800 bits per heavy atom. The van der Waals surface area contributed by atoms with Crippen molar-refractivity contribution in [3.8, 4) is 0 Å². The number of aliphatic hydroxyl groups is 1. The third-order valence-electron chi connectivity index (χ3n) is 7.21. The Balaban J connectivity index is 4.86. The van der Waals surface area contributed by atoms with E-state index < -0.39 is 31.7 Å². The van der Waals surface area contributed by atoms with Gasteiger partial charge in [-0.1, -0.05) is 155 Å². The Hall–Kier alpha value is -0.200. The first kappa shape index (κ1) is 39.8. The first-order chi connectivity index (χ1) is 19.0. The van der Waals surface area contributed by atoms with Gasteiger partial charge in [-0.2, -0.15) is 0 Å². The summed E-state index contributed by atoms with van der Waals surface area (Å²) in [7, 11) is -1.43. The van der Waals surface area contributed by atoms with Crippen molar-refractivity contribution in [3.63, 3.8) is 0 Å². The van der Waals surface area contributed by atoms with E-state index in [0.29, 0.717) is 12.3 Å². The number of rotatable bonds is 27. The molecule has 0 saturated heterocycles. The molecule has 40 heavy (non-hydrogen) atoms. The third-order valence-corrected chi connectivity index (χ3v) is 8.14. The van der Waals surface area contributed by atoms with Gasteiger partial charge in [-0.05, 0) is 24.2 Å². The van der Waals surface area contributed by atoms with Crippen molar-refractivity contribution in [2.45, 2.75) is 181 Å². The van der Waals surface area contributed by atoms with Gasteiger partial charge in [0.15, 0.2) is 6.29 Å². The number of hydrogen-bond donors (Lipinski definition) is 2. The van der Waals surface area contributed by atoms with Crippen LogP contribution in [0.25, 0.3) is 0 Å². The minimum atomic E-state index is -2.55. The molecule has 8 heteroatoms. The standard InChI is InChI=1S/C32H63O6PS/c1-7-10-12-14-16-18-20-22-24-27(23-21-19-17-15-13-11-8-2)25-29(40)37-28(9-3)38-32(34,39-35)30(33)36-26-31(4,5)6/h27-29,34,40H,7-26H2,1-6H3/p+1. The molecule has 6 nitrogen and oxygen atoms in total. The normalized spacial score (nSPS) is 16.0. The highest BCUT2D eigenvalue weighted by atomic mass is 32.1. The fraction of sp³-hybridized carbons (Fsp3) is 0.969. The first-order valence-electron chi connectivity index (χ1n) is 16.3. The van der Waals surface area contributed by atoms with Crippen molar-refractivity contribution in [1.29, 1.82) is 0 Å². The van der Waals surface area contributed by atoms with Gasteiger partial charge in [0.25, 0.3) is 0 Å². The second-order valence-electron chi connectivity index (χ2n) is 12.7. The summed E-state index contributed by atoms with van der Waals surface area (Å²) in [6, 6.07) is 0. The SMILES string of the molecule is CCCCCCCCCCC(CCCCCCCCC)CC(S)OC(CC)OC(O)([PH+]=O)C(=O)OCC(C)(C)C. The van der Waals surface area contributed by atoms with E-state index in [0.717, 1.165) is 19.3 Å². The number of carbonyl (C=O) groups excluding carboxylic acids is 1. The maximum atomic E-state index is 12.5. The molecular formula is C32H64O6PS+. The monoisotopic (exact) mass is 607 g/mol. The van der Waals surface area contributed by atoms with Crippen LogP contribution in [-0.4, -0.2) is 34.9 Å². The van der Waals surface area contributed by atoms with Crippen molar-refractivity contribution in [2.75, 3.05) is 6.61 Å². The summed E-state index contributed by atoms with van der Waals surface area (Å²) in [6.45, 7) is 12.1. The van der Waals surface area contributed by atoms with Gasteiger partial charge in [0.05, 0.1) is 6.61 Å². The summed E-state index contributed by atoms with van der Waals surface area (Å²) in [5.74, 6) is -0.548. The molecule has 0 aromatic rings. The number of esters is 1. The molecule has 0 bridgehead atoms. The van der Waals surface area contributed by atoms with Crippen LogP contribution in [0.3, 0.4) is 0 Å². The van der Waals surface area contributed by atoms with E-state index in [1.165, 1.54) is 96.3 Å². The minimum Gasteiger partial charge on any atom is -0.458 e. The van der Waals surface area contributed by atoms with Gasteiger partial charge in [-0.25, -0.2) is 4.79 Å². The summed E-state index contributed by atoms with van der Waals surface area (Å²) in [5.41, 5.74) is -3.24. The average molecular weight is 608 g/mol. The fourth-order valence-electron chi connectivity index (χ4n) is 4.74. The van der Waals surface area contributed by atoms with Crippen LogP contribution in [0, 0.1) is 11.3 Å². The molecule has 0 heterocycles. The molecule has 0 aromatic carbocycles. The first-order valence-corrected chi connectivity index (χ1v) is 17.7. The van der Waals surface area contributed by atoms with Gasteiger partial charge in [0.1, 0.15) is 5.44 Å². The van der Waals surface area contributed by atoms with Crippen LogP contribution in [0.4, 0.5) is 0 Å². The molecule has 0 aliphatic rings. The second kappa shape index (κ2) is 24.3. The summed E-state index contributed by atoms with van der Waals surface area (Å²) in [6.07, 6.45) is 22.1. The van der Waals surface area contributed by atoms with E-state index >= 15 is 0 Å². The molecule has 0 amide bonds. The predicted molar refractivity (Wildman–Crippen MR) is 171 cm³/mol. The topological polar surface area (TPSA) is 82.1 Å². The van der Waals surface area contributed by atoms with Crippen LogP contribution in [0.1, 0.15) is 164 Å². The lowest BCUT2D eigenvalue weighted by molar-refractivity contribution is -0.259.